The molecule has 1 aliphatic rings. The molecule has 5 rings (SSSR count). The second-order valence-corrected chi connectivity index (χ2v) is 11.4. The average Bonchev–Trinajstić information content (AvgIpc) is 3.53. The Morgan fingerprint density at radius 3 is 2.40 bits per heavy atom. The minimum absolute atomic E-state index is 0.0274. The van der Waals surface area contributed by atoms with Crippen molar-refractivity contribution in [1.29, 1.82) is 0 Å². The van der Waals surface area contributed by atoms with Gasteiger partial charge in [-0.05, 0) is 54.3 Å². The maximum atomic E-state index is 13.0. The van der Waals surface area contributed by atoms with Crippen LogP contribution in [0.3, 0.4) is 0 Å². The van der Waals surface area contributed by atoms with Crippen LogP contribution in [0.4, 0.5) is 18.9 Å². The van der Waals surface area contributed by atoms with Gasteiger partial charge in [-0.2, -0.15) is 5.10 Å². The molecule has 1 atom stereocenters. The molecule has 1 unspecified atom stereocenters. The van der Waals surface area contributed by atoms with Gasteiger partial charge in [0.25, 0.3) is 0 Å². The van der Waals surface area contributed by atoms with Crippen LogP contribution in [0.15, 0.2) is 83.0 Å². The molecule has 8 nitrogen and oxygen atoms in total. The molecule has 0 bridgehead atoms. The van der Waals surface area contributed by atoms with Crippen LogP contribution in [-0.2, 0) is 11.2 Å². The molecule has 1 saturated heterocycles. The summed E-state index contributed by atoms with van der Waals surface area (Å²) in [6.07, 6.45) is -2.57. The Balaban J connectivity index is 1.33. The lowest BCUT2D eigenvalue weighted by Crippen LogP contribution is -2.32. The summed E-state index contributed by atoms with van der Waals surface area (Å²) in [5.41, 5.74) is 4.00. The van der Waals surface area contributed by atoms with Gasteiger partial charge in [0.05, 0.1) is 22.8 Å². The second-order valence-electron chi connectivity index (χ2n) is 10.1. The minimum Gasteiger partial charge on any atom is -0.406 e. The summed E-state index contributed by atoms with van der Waals surface area (Å²) in [6, 6.07) is 20.7. The van der Waals surface area contributed by atoms with Gasteiger partial charge in [0.15, 0.2) is 11.0 Å². The molecule has 1 aliphatic heterocycles. The fourth-order valence-electron chi connectivity index (χ4n) is 4.56. The van der Waals surface area contributed by atoms with E-state index in [-0.39, 0.29) is 22.8 Å². The number of halogens is 3. The Hall–Kier alpha value is -4.45. The summed E-state index contributed by atoms with van der Waals surface area (Å²) < 4.78 is 43.1. The Morgan fingerprint density at radius 1 is 1.05 bits per heavy atom. The van der Waals surface area contributed by atoms with Crippen molar-refractivity contribution < 1.29 is 22.7 Å². The number of anilines is 1. The molecule has 1 aromatic heterocycles. The van der Waals surface area contributed by atoms with E-state index in [4.69, 9.17) is 0 Å². The van der Waals surface area contributed by atoms with Crippen LogP contribution < -0.4 is 9.64 Å². The van der Waals surface area contributed by atoms with E-state index in [2.05, 4.69) is 38.9 Å². The number of benzene rings is 3. The topological polar surface area (TPSA) is 85.0 Å². The third-order valence-electron chi connectivity index (χ3n) is 6.67. The first kappa shape index (κ1) is 30.0. The predicted octanol–water partition coefficient (Wildman–Crippen LogP) is 7.38. The molecule has 0 N–H and O–H groups in total. The number of hydrogen-bond acceptors (Lipinski definition) is 7. The number of amides is 1. The molecule has 0 radical (unpaired) electrons. The maximum Gasteiger partial charge on any atom is 0.573 e. The normalized spacial score (nSPS) is 16.7. The number of para-hydroxylation sites is 1. The van der Waals surface area contributed by atoms with E-state index in [1.165, 1.54) is 36.0 Å². The summed E-state index contributed by atoms with van der Waals surface area (Å²) in [7, 11) is 0. The highest BCUT2D eigenvalue weighted by atomic mass is 32.2. The van der Waals surface area contributed by atoms with Gasteiger partial charge in [-0.15, -0.1) is 23.4 Å². The average molecular weight is 607 g/mol. The van der Waals surface area contributed by atoms with Crippen LogP contribution in [0.2, 0.25) is 0 Å². The van der Waals surface area contributed by atoms with E-state index in [1.807, 2.05) is 62.4 Å². The van der Waals surface area contributed by atoms with Crippen LogP contribution in [0.1, 0.15) is 50.6 Å². The number of ether oxygens (including phenoxy) is 1. The number of nitrogens with zero attached hydrogens (tertiary/aromatic N) is 6. The van der Waals surface area contributed by atoms with Gasteiger partial charge in [-0.3, -0.25) is 9.69 Å². The lowest BCUT2D eigenvalue weighted by Gasteiger charge is -2.21. The van der Waals surface area contributed by atoms with Gasteiger partial charge in [0, 0.05) is 12.0 Å². The van der Waals surface area contributed by atoms with Crippen LogP contribution in [-0.4, -0.2) is 43.7 Å². The summed E-state index contributed by atoms with van der Waals surface area (Å²) in [4.78, 5) is 19.3. The zero-order chi connectivity index (χ0) is 30.7. The molecule has 0 aliphatic carbocycles. The lowest BCUT2D eigenvalue weighted by atomic mass is 10.0. The van der Waals surface area contributed by atoms with E-state index < -0.39 is 6.36 Å². The van der Waals surface area contributed by atoms with Crippen molar-refractivity contribution in [2.45, 2.75) is 51.6 Å². The summed E-state index contributed by atoms with van der Waals surface area (Å²) in [6.45, 7) is 7.96. The first-order valence-electron chi connectivity index (χ1n) is 13.7. The number of alkyl halides is 3. The monoisotopic (exact) mass is 606 g/mol. The van der Waals surface area contributed by atoms with Crippen LogP contribution >= 0.6 is 11.8 Å². The van der Waals surface area contributed by atoms with Crippen molar-refractivity contribution >= 4 is 34.7 Å². The number of carbonyl (C=O) groups is 1. The maximum absolute atomic E-state index is 13.0. The summed E-state index contributed by atoms with van der Waals surface area (Å²) >= 11 is 1.38. The SMILES string of the molecule is CCc1nc(-c2ccc(C=NN=C3SC(C)C(=O)N3c3ccccc3C(C)C)cc2)nn1-c1ccc(OC(F)(F)F)cc1. The smallest absolute Gasteiger partial charge is 0.406 e. The molecule has 43 heavy (non-hydrogen) atoms. The van der Waals surface area contributed by atoms with E-state index in [0.717, 1.165) is 22.4 Å². The largest absolute Gasteiger partial charge is 0.573 e. The molecule has 2 heterocycles. The number of thioether (sulfide) groups is 1. The van der Waals surface area contributed by atoms with E-state index in [9.17, 15) is 18.0 Å². The molecular formula is C31H29F3N6O2S. The third kappa shape index (κ3) is 6.80. The molecule has 12 heteroatoms. The number of amidine groups is 1. The van der Waals surface area contributed by atoms with Crippen molar-refractivity contribution in [3.8, 4) is 22.8 Å². The number of aromatic nitrogens is 3. The molecule has 0 saturated carbocycles. The zero-order valence-corrected chi connectivity index (χ0v) is 24.7. The van der Waals surface area contributed by atoms with Crippen LogP contribution in [0.5, 0.6) is 5.75 Å². The first-order valence-corrected chi connectivity index (χ1v) is 14.5. The van der Waals surface area contributed by atoms with Crippen molar-refractivity contribution in [3.05, 3.63) is 89.7 Å². The van der Waals surface area contributed by atoms with Crippen molar-refractivity contribution in [1.82, 2.24) is 14.8 Å². The standard InChI is InChI=1S/C31H29F3N6O2S/c1-5-27-36-28(38-40(27)23-14-16-24(17-15-23)42-31(32,33)34)22-12-10-21(11-13-22)18-35-37-30-39(29(41)20(4)43-30)26-9-7-6-8-25(26)19(2)3/h6-20H,5H2,1-4H3. The van der Waals surface area contributed by atoms with Gasteiger partial charge in [-0.25, -0.2) is 9.67 Å². The molecule has 4 aromatic rings. The quantitative estimate of drug-likeness (QED) is 0.154. The molecule has 1 fully saturated rings. The van der Waals surface area contributed by atoms with Crippen LogP contribution in [0, 0.1) is 0 Å². The predicted molar refractivity (Wildman–Crippen MR) is 163 cm³/mol. The van der Waals surface area contributed by atoms with Gasteiger partial charge in [0.1, 0.15) is 11.6 Å². The molecule has 0 spiro atoms. The van der Waals surface area contributed by atoms with E-state index in [0.29, 0.717) is 28.9 Å². The number of hydrogen-bond donors (Lipinski definition) is 0. The number of carbonyl (C=O) groups excluding carboxylic acids is 1. The van der Waals surface area contributed by atoms with Gasteiger partial charge >= 0.3 is 6.36 Å². The van der Waals surface area contributed by atoms with Crippen molar-refractivity contribution in [3.63, 3.8) is 0 Å². The van der Waals surface area contributed by atoms with Gasteiger partial charge in [0.2, 0.25) is 5.91 Å². The molecular weight excluding hydrogens is 577 g/mol. The molecule has 3 aromatic carbocycles. The number of aryl methyl sites for hydroxylation is 1. The highest BCUT2D eigenvalue weighted by Crippen LogP contribution is 2.36. The minimum atomic E-state index is -4.76. The Bertz CT molecular complexity index is 1660. The van der Waals surface area contributed by atoms with E-state index >= 15 is 0 Å². The first-order chi connectivity index (χ1) is 20.5. The highest BCUT2D eigenvalue weighted by Gasteiger charge is 2.37. The van der Waals surface area contributed by atoms with Crippen molar-refractivity contribution in [2.24, 2.45) is 10.2 Å². The number of rotatable bonds is 8. The van der Waals surface area contributed by atoms with Crippen molar-refractivity contribution in [2.75, 3.05) is 4.90 Å². The fourth-order valence-corrected chi connectivity index (χ4v) is 5.47. The molecule has 1 amide bonds. The summed E-state index contributed by atoms with van der Waals surface area (Å²) in [5, 5.41) is 13.5. The van der Waals surface area contributed by atoms with Gasteiger partial charge < -0.3 is 4.74 Å². The van der Waals surface area contributed by atoms with E-state index in [1.54, 1.807) is 15.8 Å². The Morgan fingerprint density at radius 2 is 1.74 bits per heavy atom. The Labute approximate surface area is 251 Å². The molecule has 222 valence electrons. The third-order valence-corrected chi connectivity index (χ3v) is 7.70. The van der Waals surface area contributed by atoms with Gasteiger partial charge in [-0.1, -0.05) is 75.0 Å². The second kappa shape index (κ2) is 12.4. The highest BCUT2D eigenvalue weighted by molar-refractivity contribution is 8.16. The lowest BCUT2D eigenvalue weighted by molar-refractivity contribution is -0.274. The summed E-state index contributed by atoms with van der Waals surface area (Å²) in [5.74, 6) is 1.03. The Kier molecular flexibility index (Phi) is 8.67. The zero-order valence-electron chi connectivity index (χ0n) is 23.9. The fraction of sp³-hybridized carbons (Fsp3) is 0.258. The van der Waals surface area contributed by atoms with Crippen LogP contribution in [0.25, 0.3) is 17.1 Å².